The van der Waals surface area contributed by atoms with Gasteiger partial charge in [-0.2, -0.15) is 0 Å². The van der Waals surface area contributed by atoms with Crippen LogP contribution in [0.1, 0.15) is 83.3 Å². The summed E-state index contributed by atoms with van der Waals surface area (Å²) in [4.78, 5) is 4.14. The van der Waals surface area contributed by atoms with E-state index in [1.807, 2.05) is 0 Å². The Hall–Kier alpha value is -1.29. The zero-order valence-electron chi connectivity index (χ0n) is 18.5. The van der Waals surface area contributed by atoms with Crippen LogP contribution >= 0.6 is 0 Å². The quantitative estimate of drug-likeness (QED) is 0.586. The molecule has 4 aliphatic carbocycles. The van der Waals surface area contributed by atoms with Crippen molar-refractivity contribution in [3.05, 3.63) is 35.7 Å². The van der Waals surface area contributed by atoms with Crippen LogP contribution in [-0.4, -0.2) is 16.2 Å². The van der Waals surface area contributed by atoms with E-state index in [4.69, 9.17) is 0 Å². The molecular weight excluding hydrogens is 380 g/mol. The van der Waals surface area contributed by atoms with Gasteiger partial charge in [0.25, 0.3) is 6.43 Å². The van der Waals surface area contributed by atoms with Crippen molar-refractivity contribution in [2.75, 3.05) is 0 Å². The van der Waals surface area contributed by atoms with Crippen LogP contribution in [0.5, 0.6) is 0 Å². The van der Waals surface area contributed by atoms with Crippen molar-refractivity contribution >= 4 is 5.57 Å². The Kier molecular flexibility index (Phi) is 4.89. The van der Waals surface area contributed by atoms with Crippen molar-refractivity contribution < 1.29 is 13.9 Å². The molecule has 30 heavy (non-hydrogen) atoms. The standard InChI is InChI=1S/C26H35F2NO/c1-15-19-5-4-18-21-7-6-20(16-12-17(24(27)28)14-29-13-16)26(21,3)10-8-22(18)25(19,2)11-9-23(15)30/h6,12-15,18-19,21-24,30H,4-5,7-11H2,1-3H3/t15?,18?,19?,21?,22-,23+,25?,26?/m0/s1. The molecule has 4 heteroatoms. The van der Waals surface area contributed by atoms with E-state index in [9.17, 15) is 13.9 Å². The molecular formula is C26H35F2NO. The molecule has 0 saturated heterocycles. The van der Waals surface area contributed by atoms with Crippen molar-refractivity contribution in [3.8, 4) is 0 Å². The van der Waals surface area contributed by atoms with Crippen molar-refractivity contribution in [2.24, 2.45) is 40.4 Å². The van der Waals surface area contributed by atoms with E-state index >= 15 is 0 Å². The minimum absolute atomic E-state index is 0.0249. The molecule has 0 radical (unpaired) electrons. The number of nitrogens with zero attached hydrogens (tertiary/aromatic N) is 1. The highest BCUT2D eigenvalue weighted by atomic mass is 19.3. The van der Waals surface area contributed by atoms with Gasteiger partial charge in [-0.15, -0.1) is 0 Å². The molecule has 0 amide bonds. The minimum Gasteiger partial charge on any atom is -0.393 e. The topological polar surface area (TPSA) is 33.1 Å². The smallest absolute Gasteiger partial charge is 0.265 e. The van der Waals surface area contributed by atoms with E-state index in [0.29, 0.717) is 29.1 Å². The molecule has 1 aromatic rings. The third-order valence-electron chi connectivity index (χ3n) is 10.1. The Morgan fingerprint density at radius 1 is 1.03 bits per heavy atom. The van der Waals surface area contributed by atoms with Crippen LogP contribution in [0.25, 0.3) is 5.57 Å². The molecule has 5 rings (SSSR count). The first-order valence-corrected chi connectivity index (χ1v) is 11.9. The second-order valence-electron chi connectivity index (χ2n) is 11.1. The lowest BCUT2D eigenvalue weighted by molar-refractivity contribution is -0.138. The number of hydrogen-bond acceptors (Lipinski definition) is 2. The summed E-state index contributed by atoms with van der Waals surface area (Å²) in [5.41, 5.74) is 2.57. The molecule has 1 N–H and O–H groups in total. The van der Waals surface area contributed by atoms with Gasteiger partial charge < -0.3 is 5.11 Å². The average molecular weight is 416 g/mol. The van der Waals surface area contributed by atoms with Crippen LogP contribution < -0.4 is 0 Å². The average Bonchev–Trinajstić information content (AvgIpc) is 3.08. The number of allylic oxidation sites excluding steroid dienone is 2. The first-order chi connectivity index (χ1) is 14.3. The predicted molar refractivity (Wildman–Crippen MR) is 115 cm³/mol. The first kappa shape index (κ1) is 20.6. The fourth-order valence-electron chi connectivity index (χ4n) is 8.45. The largest absolute Gasteiger partial charge is 0.393 e. The zero-order valence-corrected chi connectivity index (χ0v) is 18.5. The van der Waals surface area contributed by atoms with Gasteiger partial charge in [-0.25, -0.2) is 8.78 Å². The van der Waals surface area contributed by atoms with Gasteiger partial charge in [0.1, 0.15) is 0 Å². The molecule has 1 aromatic heterocycles. The summed E-state index contributed by atoms with van der Waals surface area (Å²) in [5.74, 6) is 3.06. The number of rotatable bonds is 2. The van der Waals surface area contributed by atoms with E-state index < -0.39 is 6.43 Å². The Labute approximate surface area is 179 Å². The molecule has 8 atom stereocenters. The molecule has 0 aromatic carbocycles. The van der Waals surface area contributed by atoms with Gasteiger partial charge in [0.2, 0.25) is 0 Å². The van der Waals surface area contributed by atoms with Gasteiger partial charge in [0.05, 0.1) is 6.10 Å². The molecule has 1 heterocycles. The number of aliphatic hydroxyl groups is 1. The van der Waals surface area contributed by atoms with Gasteiger partial charge in [-0.05, 0) is 103 Å². The highest BCUT2D eigenvalue weighted by Gasteiger charge is 2.59. The maximum Gasteiger partial charge on any atom is 0.265 e. The number of aliphatic hydroxyl groups excluding tert-OH is 1. The van der Waals surface area contributed by atoms with Crippen LogP contribution in [0.15, 0.2) is 24.5 Å². The summed E-state index contributed by atoms with van der Waals surface area (Å²) >= 11 is 0. The van der Waals surface area contributed by atoms with E-state index in [1.165, 1.54) is 31.0 Å². The molecule has 6 unspecified atom stereocenters. The Morgan fingerprint density at radius 3 is 2.60 bits per heavy atom. The van der Waals surface area contributed by atoms with Crippen LogP contribution in [0, 0.1) is 40.4 Å². The second-order valence-corrected chi connectivity index (χ2v) is 11.1. The maximum absolute atomic E-state index is 13.3. The summed E-state index contributed by atoms with van der Waals surface area (Å²) in [7, 11) is 0. The van der Waals surface area contributed by atoms with E-state index in [0.717, 1.165) is 37.2 Å². The highest BCUT2D eigenvalue weighted by molar-refractivity contribution is 5.72. The summed E-state index contributed by atoms with van der Waals surface area (Å²) in [5, 5.41) is 10.5. The third kappa shape index (κ3) is 2.85. The molecule has 164 valence electrons. The summed E-state index contributed by atoms with van der Waals surface area (Å²) in [6.45, 7) is 7.15. The summed E-state index contributed by atoms with van der Waals surface area (Å²) in [6.07, 6.45) is 10.8. The molecule has 0 spiro atoms. The van der Waals surface area contributed by atoms with Crippen molar-refractivity contribution in [1.82, 2.24) is 4.98 Å². The maximum atomic E-state index is 13.3. The minimum atomic E-state index is -2.47. The number of alkyl halides is 2. The number of hydrogen-bond donors (Lipinski definition) is 1. The molecule has 0 bridgehead atoms. The van der Waals surface area contributed by atoms with Crippen molar-refractivity contribution in [3.63, 3.8) is 0 Å². The fraction of sp³-hybridized carbons (Fsp3) is 0.731. The lowest BCUT2D eigenvalue weighted by Gasteiger charge is -2.62. The molecule has 4 aliphatic rings. The monoisotopic (exact) mass is 415 g/mol. The Balaban J connectivity index is 1.43. The van der Waals surface area contributed by atoms with E-state index in [2.05, 4.69) is 31.8 Å². The predicted octanol–water partition coefficient (Wildman–Crippen LogP) is 6.66. The zero-order chi connectivity index (χ0) is 21.3. The highest BCUT2D eigenvalue weighted by Crippen LogP contribution is 2.68. The Morgan fingerprint density at radius 2 is 1.83 bits per heavy atom. The second kappa shape index (κ2) is 7.12. The molecule has 3 fully saturated rings. The van der Waals surface area contributed by atoms with Gasteiger partial charge in [0.15, 0.2) is 0 Å². The van der Waals surface area contributed by atoms with Crippen LogP contribution in [0.4, 0.5) is 8.78 Å². The van der Waals surface area contributed by atoms with E-state index in [-0.39, 0.29) is 17.1 Å². The summed E-state index contributed by atoms with van der Waals surface area (Å²) in [6, 6.07) is 1.66. The van der Waals surface area contributed by atoms with Gasteiger partial charge in [-0.1, -0.05) is 26.8 Å². The van der Waals surface area contributed by atoms with Gasteiger partial charge in [-0.3, -0.25) is 4.98 Å². The van der Waals surface area contributed by atoms with Gasteiger partial charge in [0, 0.05) is 18.0 Å². The molecule has 0 aliphatic heterocycles. The van der Waals surface area contributed by atoms with Crippen molar-refractivity contribution in [2.45, 2.75) is 78.2 Å². The number of halogens is 2. The fourth-order valence-corrected chi connectivity index (χ4v) is 8.45. The van der Waals surface area contributed by atoms with E-state index in [1.54, 1.807) is 12.3 Å². The van der Waals surface area contributed by atoms with Crippen LogP contribution in [0.2, 0.25) is 0 Å². The lowest BCUT2D eigenvalue weighted by Crippen LogP contribution is -2.55. The van der Waals surface area contributed by atoms with Crippen molar-refractivity contribution in [1.29, 1.82) is 0 Å². The Bertz CT molecular complexity index is 853. The molecule has 3 saturated carbocycles. The van der Waals surface area contributed by atoms with Crippen LogP contribution in [0.3, 0.4) is 0 Å². The van der Waals surface area contributed by atoms with Gasteiger partial charge >= 0.3 is 0 Å². The van der Waals surface area contributed by atoms with Crippen LogP contribution in [-0.2, 0) is 0 Å². The number of fused-ring (bicyclic) bond motifs is 5. The lowest BCUT2D eigenvalue weighted by atomic mass is 9.43. The summed E-state index contributed by atoms with van der Waals surface area (Å²) < 4.78 is 26.5. The SMILES string of the molecule is CC1C2CCC3C4CC=C(c5cncc(C(F)F)c5)C4(C)CC[C@@H]3C2(C)CC[C@H]1O. The first-order valence-electron chi connectivity index (χ1n) is 11.9. The molecule has 2 nitrogen and oxygen atoms in total. The normalized spacial score (nSPS) is 45.5. The third-order valence-corrected chi connectivity index (χ3v) is 10.1. The number of aromatic nitrogens is 1. The number of pyridine rings is 1.